The van der Waals surface area contributed by atoms with Crippen LogP contribution in [0.4, 0.5) is 0 Å². The van der Waals surface area contributed by atoms with Crippen molar-refractivity contribution in [3.8, 4) is 5.75 Å². The number of rotatable bonds is 7. The lowest BCUT2D eigenvalue weighted by molar-refractivity contribution is -0.123. The van der Waals surface area contributed by atoms with Crippen molar-refractivity contribution in [3.63, 3.8) is 0 Å². The summed E-state index contributed by atoms with van der Waals surface area (Å²) in [5.41, 5.74) is 6.47. The van der Waals surface area contributed by atoms with Crippen molar-refractivity contribution in [2.45, 2.75) is 19.5 Å². The summed E-state index contributed by atoms with van der Waals surface area (Å²) in [4.78, 5) is 11.7. The first-order chi connectivity index (χ1) is 9.08. The van der Waals surface area contributed by atoms with Crippen LogP contribution in [0.15, 0.2) is 18.2 Å². The molecule has 0 bridgehead atoms. The van der Waals surface area contributed by atoms with Crippen LogP contribution < -0.4 is 15.8 Å². The Morgan fingerprint density at radius 3 is 2.80 bits per heavy atom. The number of hydrogen-bond donors (Lipinski definition) is 2. The molecule has 1 aromatic carbocycles. The number of ether oxygens (including phenoxy) is 2. The molecule has 0 heterocycles. The normalized spacial score (nSPS) is 11.4. The van der Waals surface area contributed by atoms with Gasteiger partial charge in [0, 0.05) is 24.2 Å². The lowest BCUT2D eigenvalue weighted by Crippen LogP contribution is -2.43. The van der Waals surface area contributed by atoms with Gasteiger partial charge in [-0.25, -0.2) is 0 Å². The number of carbonyl (C=O) groups is 1. The van der Waals surface area contributed by atoms with E-state index in [1.165, 1.54) is 7.11 Å². The van der Waals surface area contributed by atoms with Gasteiger partial charge in [-0.3, -0.25) is 4.79 Å². The third-order valence-electron chi connectivity index (χ3n) is 2.47. The average Bonchev–Trinajstić information content (AvgIpc) is 2.38. The summed E-state index contributed by atoms with van der Waals surface area (Å²) in [7, 11) is 1.50. The van der Waals surface area contributed by atoms with Gasteiger partial charge in [0.1, 0.15) is 11.8 Å². The third-order valence-corrected chi connectivity index (χ3v) is 2.70. The molecule has 3 N–H and O–H groups in total. The molecule has 20 heavy (non-hydrogen) atoms. The number of nitrogens with two attached hydrogens (primary N) is 1. The third kappa shape index (κ3) is 5.96. The van der Waals surface area contributed by atoms with Gasteiger partial charge in [-0.2, -0.15) is 0 Å². The minimum Gasteiger partial charge on any atom is -0.493 e. The number of methoxy groups -OCH3 is 1. The van der Waals surface area contributed by atoms with E-state index >= 15 is 0 Å². The van der Waals surface area contributed by atoms with Crippen molar-refractivity contribution in [1.29, 1.82) is 0 Å². The molecule has 1 rings (SSSR count). The van der Waals surface area contributed by atoms with Gasteiger partial charge in [-0.05, 0) is 19.1 Å². The first-order valence-electron chi connectivity index (χ1n) is 6.02. The van der Waals surface area contributed by atoms with Crippen LogP contribution in [0.2, 0.25) is 5.02 Å². The molecule has 1 amide bonds. The van der Waals surface area contributed by atoms with Gasteiger partial charge < -0.3 is 20.5 Å². The number of hydrogen-bond acceptors (Lipinski definition) is 4. The first-order valence-corrected chi connectivity index (χ1v) is 6.39. The zero-order valence-corrected chi connectivity index (χ0v) is 13.1. The largest absolute Gasteiger partial charge is 0.493 e. The lowest BCUT2D eigenvalue weighted by Gasteiger charge is -2.14. The van der Waals surface area contributed by atoms with Crippen molar-refractivity contribution in [1.82, 2.24) is 5.32 Å². The Balaban J connectivity index is 0.00000361. The Labute approximate surface area is 130 Å². The van der Waals surface area contributed by atoms with Gasteiger partial charge >= 0.3 is 0 Å². The second-order valence-corrected chi connectivity index (χ2v) is 4.40. The van der Waals surface area contributed by atoms with Crippen LogP contribution in [0, 0.1) is 0 Å². The molecule has 0 spiro atoms. The van der Waals surface area contributed by atoms with Gasteiger partial charge in [0.15, 0.2) is 0 Å². The Morgan fingerprint density at radius 1 is 1.50 bits per heavy atom. The number of halogens is 2. The smallest absolute Gasteiger partial charge is 0.239 e. The second kappa shape index (κ2) is 9.83. The fraction of sp³-hybridized carbons (Fsp3) is 0.462. The van der Waals surface area contributed by atoms with E-state index in [-0.39, 0.29) is 24.9 Å². The molecule has 0 aromatic heterocycles. The Bertz CT molecular complexity index is 430. The number of benzene rings is 1. The topological polar surface area (TPSA) is 73.6 Å². The lowest BCUT2D eigenvalue weighted by atomic mass is 10.2. The van der Waals surface area contributed by atoms with Crippen molar-refractivity contribution >= 4 is 29.9 Å². The van der Waals surface area contributed by atoms with Gasteiger partial charge in [-0.1, -0.05) is 17.7 Å². The maximum Gasteiger partial charge on any atom is 0.239 e. The van der Waals surface area contributed by atoms with E-state index in [0.29, 0.717) is 23.9 Å². The molecule has 5 nitrogen and oxygen atoms in total. The van der Waals surface area contributed by atoms with E-state index in [1.807, 2.05) is 13.0 Å². The molecule has 0 aliphatic rings. The summed E-state index contributed by atoms with van der Waals surface area (Å²) < 4.78 is 10.3. The highest BCUT2D eigenvalue weighted by molar-refractivity contribution is 6.30. The molecule has 0 aliphatic heterocycles. The molecule has 1 aromatic rings. The fourth-order valence-electron chi connectivity index (χ4n) is 1.53. The molecular formula is C13H20Cl2N2O3. The predicted octanol–water partition coefficient (Wildman–Crippen LogP) is 1.75. The average molecular weight is 323 g/mol. The first kappa shape index (κ1) is 19.0. The molecule has 0 aliphatic carbocycles. The highest BCUT2D eigenvalue weighted by Crippen LogP contribution is 2.23. The van der Waals surface area contributed by atoms with Crippen LogP contribution in [0.1, 0.15) is 12.5 Å². The highest BCUT2D eigenvalue weighted by Gasteiger charge is 2.13. The van der Waals surface area contributed by atoms with Crippen LogP contribution in [0.25, 0.3) is 0 Å². The van der Waals surface area contributed by atoms with E-state index in [2.05, 4.69) is 5.32 Å². The summed E-state index contributed by atoms with van der Waals surface area (Å²) in [5, 5.41) is 3.33. The summed E-state index contributed by atoms with van der Waals surface area (Å²) in [6, 6.07) is 4.62. The fourth-order valence-corrected chi connectivity index (χ4v) is 1.70. The number of carbonyl (C=O) groups excluding carboxylic acids is 1. The van der Waals surface area contributed by atoms with Gasteiger partial charge in [0.25, 0.3) is 0 Å². The van der Waals surface area contributed by atoms with E-state index in [9.17, 15) is 4.79 Å². The minimum absolute atomic E-state index is 0. The molecule has 0 saturated carbocycles. The predicted molar refractivity (Wildman–Crippen MR) is 81.6 cm³/mol. The van der Waals surface area contributed by atoms with Crippen LogP contribution >= 0.6 is 24.0 Å². The number of amides is 1. The molecule has 1 atom stereocenters. The molecule has 0 radical (unpaired) electrons. The van der Waals surface area contributed by atoms with Gasteiger partial charge in [0.05, 0.1) is 13.2 Å². The molecule has 0 fully saturated rings. The highest BCUT2D eigenvalue weighted by atomic mass is 35.5. The quantitative estimate of drug-likeness (QED) is 0.802. The summed E-state index contributed by atoms with van der Waals surface area (Å²) >= 11 is 5.90. The maximum absolute atomic E-state index is 11.7. The Hall–Kier alpha value is -1.01. The monoisotopic (exact) mass is 322 g/mol. The van der Waals surface area contributed by atoms with E-state index in [0.717, 1.165) is 5.56 Å². The Morgan fingerprint density at radius 2 is 2.20 bits per heavy atom. The second-order valence-electron chi connectivity index (χ2n) is 3.96. The molecular weight excluding hydrogens is 303 g/mol. The van der Waals surface area contributed by atoms with Crippen LogP contribution in [-0.4, -0.2) is 32.3 Å². The van der Waals surface area contributed by atoms with E-state index < -0.39 is 6.04 Å². The standard InChI is InChI=1S/C13H19ClN2O3.ClH/c1-3-19-12-6-10(14)5-4-9(12)7-16-13(17)11(15)8-18-2;/h4-6,11H,3,7-8,15H2,1-2H3,(H,16,17);1H. The van der Waals surface area contributed by atoms with E-state index in [1.54, 1.807) is 12.1 Å². The summed E-state index contributed by atoms with van der Waals surface area (Å²) in [6.45, 7) is 2.94. The zero-order chi connectivity index (χ0) is 14.3. The van der Waals surface area contributed by atoms with Gasteiger partial charge in [-0.15, -0.1) is 12.4 Å². The molecule has 7 heteroatoms. The van der Waals surface area contributed by atoms with Crippen LogP contribution in [0.3, 0.4) is 0 Å². The molecule has 114 valence electrons. The van der Waals surface area contributed by atoms with Gasteiger partial charge in [0.2, 0.25) is 5.91 Å². The van der Waals surface area contributed by atoms with Crippen molar-refractivity contribution in [2.75, 3.05) is 20.3 Å². The van der Waals surface area contributed by atoms with Crippen LogP contribution in [-0.2, 0) is 16.1 Å². The van der Waals surface area contributed by atoms with Crippen LogP contribution in [0.5, 0.6) is 5.75 Å². The summed E-state index contributed by atoms with van der Waals surface area (Å²) in [6.07, 6.45) is 0. The zero-order valence-electron chi connectivity index (χ0n) is 11.5. The van der Waals surface area contributed by atoms with Crippen molar-refractivity contribution in [2.24, 2.45) is 5.73 Å². The maximum atomic E-state index is 11.7. The molecule has 1 unspecified atom stereocenters. The van der Waals surface area contributed by atoms with Crippen molar-refractivity contribution < 1.29 is 14.3 Å². The van der Waals surface area contributed by atoms with E-state index in [4.69, 9.17) is 26.8 Å². The Kier molecular flexibility index (Phi) is 9.33. The SMILES string of the molecule is CCOc1cc(Cl)ccc1CNC(=O)C(N)COC.Cl. The van der Waals surface area contributed by atoms with Crippen molar-refractivity contribution in [3.05, 3.63) is 28.8 Å². The minimum atomic E-state index is -0.673. The number of nitrogens with one attached hydrogen (secondary N) is 1. The molecule has 0 saturated heterocycles. The summed E-state index contributed by atoms with van der Waals surface area (Å²) in [5.74, 6) is 0.398.